The number of rotatable bonds is 7. The number of ether oxygens (including phenoxy) is 1. The van der Waals surface area contributed by atoms with Gasteiger partial charge in [-0.2, -0.15) is 0 Å². The highest BCUT2D eigenvalue weighted by Gasteiger charge is 2.05. The highest BCUT2D eigenvalue weighted by Crippen LogP contribution is 2.19. The molecule has 0 unspecified atom stereocenters. The van der Waals surface area contributed by atoms with Gasteiger partial charge in [-0.25, -0.2) is 8.78 Å². The van der Waals surface area contributed by atoms with Crippen LogP contribution in [0.5, 0.6) is 5.75 Å². The second-order valence-corrected chi connectivity index (χ2v) is 4.78. The molecule has 0 fully saturated rings. The van der Waals surface area contributed by atoms with E-state index in [0.29, 0.717) is 0 Å². The van der Waals surface area contributed by atoms with Crippen molar-refractivity contribution in [2.45, 2.75) is 20.0 Å². The van der Waals surface area contributed by atoms with Crippen LogP contribution in [-0.4, -0.2) is 13.1 Å². The van der Waals surface area contributed by atoms with E-state index in [1.807, 2.05) is 24.3 Å². The summed E-state index contributed by atoms with van der Waals surface area (Å²) in [4.78, 5) is 0. The van der Waals surface area contributed by atoms with Crippen molar-refractivity contribution in [3.63, 3.8) is 0 Å². The maximum Gasteiger partial charge on any atom is 0.167 e. The van der Waals surface area contributed by atoms with Crippen molar-refractivity contribution in [1.82, 2.24) is 5.32 Å². The van der Waals surface area contributed by atoms with Gasteiger partial charge < -0.3 is 10.1 Å². The number of benzene rings is 2. The summed E-state index contributed by atoms with van der Waals surface area (Å²) in [5, 5.41) is 3.27. The predicted molar refractivity (Wildman–Crippen MR) is 79.4 cm³/mol. The van der Waals surface area contributed by atoms with Crippen molar-refractivity contribution in [3.05, 3.63) is 65.2 Å². The van der Waals surface area contributed by atoms with Gasteiger partial charge in [0.2, 0.25) is 0 Å². The van der Waals surface area contributed by atoms with Crippen molar-refractivity contribution in [1.29, 1.82) is 0 Å². The molecule has 2 rings (SSSR count). The summed E-state index contributed by atoms with van der Waals surface area (Å²) in [5.74, 6) is -1.23. The standard InChI is InChI=1S/C17H19F2NO/c1-2-20-10-9-13-3-5-14(6-4-13)12-21-17-8-7-15(18)11-16(17)19/h3-8,11,20H,2,9-10,12H2,1H3. The zero-order valence-corrected chi connectivity index (χ0v) is 12.0. The van der Waals surface area contributed by atoms with Crippen LogP contribution in [0.4, 0.5) is 8.78 Å². The molecule has 0 saturated heterocycles. The van der Waals surface area contributed by atoms with Gasteiger partial charge in [0.25, 0.3) is 0 Å². The van der Waals surface area contributed by atoms with Crippen LogP contribution in [0.15, 0.2) is 42.5 Å². The molecular formula is C17H19F2NO. The van der Waals surface area contributed by atoms with E-state index in [9.17, 15) is 8.78 Å². The first-order valence-electron chi connectivity index (χ1n) is 7.05. The third-order valence-corrected chi connectivity index (χ3v) is 3.15. The molecule has 0 atom stereocenters. The fraction of sp³-hybridized carbons (Fsp3) is 0.294. The lowest BCUT2D eigenvalue weighted by Gasteiger charge is -2.08. The third kappa shape index (κ3) is 4.83. The lowest BCUT2D eigenvalue weighted by molar-refractivity contribution is 0.289. The normalized spacial score (nSPS) is 10.6. The second-order valence-electron chi connectivity index (χ2n) is 4.78. The van der Waals surface area contributed by atoms with Crippen LogP contribution in [0, 0.1) is 11.6 Å². The Morgan fingerprint density at radius 2 is 1.71 bits per heavy atom. The summed E-state index contributed by atoms with van der Waals surface area (Å²) < 4.78 is 31.6. The minimum Gasteiger partial charge on any atom is -0.486 e. The van der Waals surface area contributed by atoms with E-state index in [-0.39, 0.29) is 12.4 Å². The predicted octanol–water partition coefficient (Wildman–Crippen LogP) is 3.70. The number of hydrogen-bond acceptors (Lipinski definition) is 2. The Morgan fingerprint density at radius 3 is 2.38 bits per heavy atom. The van der Waals surface area contributed by atoms with Gasteiger partial charge in [0.1, 0.15) is 12.4 Å². The molecular weight excluding hydrogens is 272 g/mol. The lowest BCUT2D eigenvalue weighted by atomic mass is 10.1. The molecule has 4 heteroatoms. The molecule has 0 aliphatic heterocycles. The highest BCUT2D eigenvalue weighted by atomic mass is 19.1. The average Bonchev–Trinajstić information content (AvgIpc) is 2.48. The summed E-state index contributed by atoms with van der Waals surface area (Å²) in [6, 6.07) is 11.3. The molecule has 2 aromatic carbocycles. The van der Waals surface area contributed by atoms with Gasteiger partial charge in [-0.15, -0.1) is 0 Å². The molecule has 0 radical (unpaired) electrons. The Hall–Kier alpha value is -1.94. The molecule has 0 aromatic heterocycles. The smallest absolute Gasteiger partial charge is 0.167 e. The zero-order valence-electron chi connectivity index (χ0n) is 12.0. The molecule has 0 aliphatic rings. The van der Waals surface area contributed by atoms with E-state index in [4.69, 9.17) is 4.74 Å². The largest absolute Gasteiger partial charge is 0.486 e. The van der Waals surface area contributed by atoms with Crippen LogP contribution in [0.25, 0.3) is 0 Å². The SMILES string of the molecule is CCNCCc1ccc(COc2ccc(F)cc2F)cc1. The van der Waals surface area contributed by atoms with Crippen LogP contribution in [-0.2, 0) is 13.0 Å². The van der Waals surface area contributed by atoms with E-state index in [0.717, 1.165) is 31.1 Å². The number of hydrogen-bond donors (Lipinski definition) is 1. The maximum atomic E-state index is 13.4. The van der Waals surface area contributed by atoms with Crippen LogP contribution in [0.2, 0.25) is 0 Å². The summed E-state index contributed by atoms with van der Waals surface area (Å²) in [7, 11) is 0. The first kappa shape index (κ1) is 15.4. The molecule has 21 heavy (non-hydrogen) atoms. The molecule has 2 nitrogen and oxygen atoms in total. The third-order valence-electron chi connectivity index (χ3n) is 3.15. The fourth-order valence-electron chi connectivity index (χ4n) is 1.97. The Balaban J connectivity index is 1.88. The maximum absolute atomic E-state index is 13.4. The van der Waals surface area contributed by atoms with E-state index in [2.05, 4.69) is 12.2 Å². The highest BCUT2D eigenvalue weighted by molar-refractivity contribution is 5.26. The summed E-state index contributed by atoms with van der Waals surface area (Å²) in [6.07, 6.45) is 0.974. The summed E-state index contributed by atoms with van der Waals surface area (Å²) in [6.45, 7) is 4.26. The average molecular weight is 291 g/mol. The van der Waals surface area contributed by atoms with E-state index < -0.39 is 11.6 Å². The van der Waals surface area contributed by atoms with E-state index >= 15 is 0 Å². The van der Waals surface area contributed by atoms with Crippen molar-refractivity contribution in [3.8, 4) is 5.75 Å². The van der Waals surface area contributed by atoms with Gasteiger partial charge in [0.15, 0.2) is 11.6 Å². The van der Waals surface area contributed by atoms with Crippen LogP contribution in [0.1, 0.15) is 18.1 Å². The van der Waals surface area contributed by atoms with E-state index in [1.54, 1.807) is 0 Å². The van der Waals surface area contributed by atoms with Gasteiger partial charge in [0.05, 0.1) is 0 Å². The van der Waals surface area contributed by atoms with Crippen LogP contribution >= 0.6 is 0 Å². The van der Waals surface area contributed by atoms with Gasteiger partial charge in [-0.3, -0.25) is 0 Å². The molecule has 0 heterocycles. The molecule has 0 aliphatic carbocycles. The quantitative estimate of drug-likeness (QED) is 0.785. The van der Waals surface area contributed by atoms with Gasteiger partial charge in [-0.1, -0.05) is 31.2 Å². The lowest BCUT2D eigenvalue weighted by Crippen LogP contribution is -2.15. The van der Waals surface area contributed by atoms with Crippen molar-refractivity contribution < 1.29 is 13.5 Å². The Labute approximate surface area is 123 Å². The Morgan fingerprint density at radius 1 is 1.00 bits per heavy atom. The summed E-state index contributed by atoms with van der Waals surface area (Å²) in [5.41, 5.74) is 2.19. The number of halogens is 2. The van der Waals surface area contributed by atoms with Gasteiger partial charge in [0, 0.05) is 6.07 Å². The summed E-state index contributed by atoms with van der Waals surface area (Å²) >= 11 is 0. The minimum absolute atomic E-state index is 0.0626. The van der Waals surface area contributed by atoms with Crippen molar-refractivity contribution >= 4 is 0 Å². The molecule has 112 valence electrons. The molecule has 0 bridgehead atoms. The Bertz CT molecular complexity index is 570. The zero-order chi connectivity index (χ0) is 15.1. The Kier molecular flexibility index (Phi) is 5.69. The van der Waals surface area contributed by atoms with E-state index in [1.165, 1.54) is 17.7 Å². The van der Waals surface area contributed by atoms with Crippen molar-refractivity contribution in [2.24, 2.45) is 0 Å². The molecule has 0 amide bonds. The molecule has 0 spiro atoms. The number of likely N-dealkylation sites (N-methyl/N-ethyl adjacent to an activating group) is 1. The molecule has 2 aromatic rings. The van der Waals surface area contributed by atoms with Gasteiger partial charge in [-0.05, 0) is 42.8 Å². The van der Waals surface area contributed by atoms with Gasteiger partial charge >= 0.3 is 0 Å². The first-order chi connectivity index (χ1) is 10.2. The first-order valence-corrected chi connectivity index (χ1v) is 7.05. The molecule has 0 saturated carbocycles. The fourth-order valence-corrected chi connectivity index (χ4v) is 1.97. The second kappa shape index (κ2) is 7.74. The van der Waals surface area contributed by atoms with Crippen LogP contribution < -0.4 is 10.1 Å². The monoisotopic (exact) mass is 291 g/mol. The topological polar surface area (TPSA) is 21.3 Å². The molecule has 1 N–H and O–H groups in total. The minimum atomic E-state index is -0.683. The van der Waals surface area contributed by atoms with Crippen molar-refractivity contribution in [2.75, 3.05) is 13.1 Å². The van der Waals surface area contributed by atoms with Crippen LogP contribution in [0.3, 0.4) is 0 Å². The number of nitrogens with one attached hydrogen (secondary N) is 1.